The van der Waals surface area contributed by atoms with Gasteiger partial charge in [0.05, 0.1) is 34.7 Å². The van der Waals surface area contributed by atoms with Gasteiger partial charge in [-0.25, -0.2) is 4.39 Å². The third-order valence-electron chi connectivity index (χ3n) is 4.32. The number of non-ortho nitro benzene ring substituents is 1. The summed E-state index contributed by atoms with van der Waals surface area (Å²) in [6.07, 6.45) is 1.52. The Morgan fingerprint density at radius 3 is 2.38 bits per heavy atom. The fourth-order valence-corrected chi connectivity index (χ4v) is 2.83. The number of hydrogen-bond donors (Lipinski definition) is 0. The molecule has 0 atom stereocenters. The van der Waals surface area contributed by atoms with Crippen LogP contribution in [0.1, 0.15) is 11.1 Å². The number of allylic oxidation sites excluding steroid dienone is 1. The van der Waals surface area contributed by atoms with Gasteiger partial charge < -0.3 is 9.47 Å². The highest BCUT2D eigenvalue weighted by Crippen LogP contribution is 2.38. The van der Waals surface area contributed by atoms with E-state index in [1.54, 1.807) is 12.1 Å². The number of rotatable bonds is 7. The highest BCUT2D eigenvalue weighted by molar-refractivity contribution is 5.89. The lowest BCUT2D eigenvalue weighted by Crippen LogP contribution is -1.97. The van der Waals surface area contributed by atoms with Crippen LogP contribution in [-0.4, -0.2) is 17.0 Å². The van der Waals surface area contributed by atoms with Crippen molar-refractivity contribution in [1.82, 2.24) is 0 Å². The largest absolute Gasteiger partial charge is 0.493 e. The van der Waals surface area contributed by atoms with Crippen molar-refractivity contribution in [3.05, 3.63) is 97.8 Å². The first-order chi connectivity index (χ1) is 15.3. The molecule has 0 saturated carbocycles. The van der Waals surface area contributed by atoms with Gasteiger partial charge in [-0.15, -0.1) is 0 Å². The standard InChI is InChI=1S/C22H14FN3O6/c1-31-22-10-14(9-16(13-24)15-3-2-4-17(23)11-15)5-7-21(22)32-20-8-6-18(25(27)28)12-19(20)26(29)30/h2-12H,1H3/b16-9-. The number of ether oxygens (including phenoxy) is 2. The van der Waals surface area contributed by atoms with Crippen molar-refractivity contribution >= 4 is 23.0 Å². The summed E-state index contributed by atoms with van der Waals surface area (Å²) in [5.74, 6) is -0.372. The van der Waals surface area contributed by atoms with Gasteiger partial charge >= 0.3 is 5.69 Å². The van der Waals surface area contributed by atoms with Crippen molar-refractivity contribution in [2.45, 2.75) is 0 Å². The highest BCUT2D eigenvalue weighted by Gasteiger charge is 2.22. The summed E-state index contributed by atoms with van der Waals surface area (Å²) < 4.78 is 24.4. The average Bonchev–Trinajstić information content (AvgIpc) is 2.78. The molecule has 3 aromatic rings. The Bertz CT molecular complexity index is 1280. The fraction of sp³-hybridized carbons (Fsp3) is 0.0455. The molecule has 3 aromatic carbocycles. The Kier molecular flexibility index (Phi) is 6.41. The molecule has 0 spiro atoms. The molecule has 0 bridgehead atoms. The maximum absolute atomic E-state index is 13.5. The summed E-state index contributed by atoms with van der Waals surface area (Å²) >= 11 is 0. The van der Waals surface area contributed by atoms with Gasteiger partial charge in [0.1, 0.15) is 5.82 Å². The van der Waals surface area contributed by atoms with Gasteiger partial charge in [0.15, 0.2) is 11.5 Å². The topological polar surface area (TPSA) is 129 Å². The van der Waals surface area contributed by atoms with E-state index >= 15 is 0 Å². The zero-order chi connectivity index (χ0) is 23.3. The molecule has 32 heavy (non-hydrogen) atoms. The van der Waals surface area contributed by atoms with Crippen LogP contribution in [0.5, 0.6) is 17.2 Å². The van der Waals surface area contributed by atoms with Gasteiger partial charge in [0.2, 0.25) is 5.75 Å². The monoisotopic (exact) mass is 435 g/mol. The Morgan fingerprint density at radius 2 is 1.75 bits per heavy atom. The van der Waals surface area contributed by atoms with Crippen molar-refractivity contribution in [3.8, 4) is 23.3 Å². The molecule has 0 heterocycles. The average molecular weight is 435 g/mol. The third kappa shape index (κ3) is 4.85. The number of hydrogen-bond acceptors (Lipinski definition) is 7. The van der Waals surface area contributed by atoms with Gasteiger partial charge in [-0.1, -0.05) is 18.2 Å². The quantitative estimate of drug-likeness (QED) is 0.207. The lowest BCUT2D eigenvalue weighted by Gasteiger charge is -2.11. The fourth-order valence-electron chi connectivity index (χ4n) is 2.83. The number of nitro groups is 2. The zero-order valence-electron chi connectivity index (χ0n) is 16.5. The molecule has 0 N–H and O–H groups in total. The molecule has 3 rings (SSSR count). The molecule has 0 saturated heterocycles. The first-order valence-corrected chi connectivity index (χ1v) is 8.99. The molecular formula is C22H14FN3O6. The summed E-state index contributed by atoms with van der Waals surface area (Å²) in [7, 11) is 1.36. The summed E-state index contributed by atoms with van der Waals surface area (Å²) in [6, 6.07) is 15.2. The Hall–Kier alpha value is -4.78. The van der Waals surface area contributed by atoms with Gasteiger partial charge in [-0.05, 0) is 47.5 Å². The summed E-state index contributed by atoms with van der Waals surface area (Å²) in [5, 5.41) is 31.6. The molecule has 0 aliphatic heterocycles. The van der Waals surface area contributed by atoms with Crippen molar-refractivity contribution < 1.29 is 23.7 Å². The van der Waals surface area contributed by atoms with E-state index < -0.39 is 27.0 Å². The predicted octanol–water partition coefficient (Wildman–Crippen LogP) is 5.51. The number of nitriles is 1. The number of nitro benzene ring substituents is 2. The van der Waals surface area contributed by atoms with Gasteiger partial charge in [0, 0.05) is 6.07 Å². The Balaban J connectivity index is 1.97. The predicted molar refractivity (Wildman–Crippen MR) is 113 cm³/mol. The second-order valence-electron chi connectivity index (χ2n) is 6.36. The summed E-state index contributed by atoms with van der Waals surface area (Å²) in [4.78, 5) is 20.7. The SMILES string of the molecule is COc1cc(/C=C(/C#N)c2cccc(F)c2)ccc1Oc1ccc([N+](=O)[O-])cc1[N+](=O)[O-]. The molecule has 10 heteroatoms. The Morgan fingerprint density at radius 1 is 1.00 bits per heavy atom. The smallest absolute Gasteiger partial charge is 0.318 e. The van der Waals surface area contributed by atoms with E-state index in [9.17, 15) is 29.9 Å². The van der Waals surface area contributed by atoms with E-state index in [-0.39, 0.29) is 22.8 Å². The van der Waals surface area contributed by atoms with Gasteiger partial charge in [-0.2, -0.15) is 5.26 Å². The van der Waals surface area contributed by atoms with Crippen LogP contribution < -0.4 is 9.47 Å². The molecule has 9 nitrogen and oxygen atoms in total. The number of nitrogens with zero attached hydrogens (tertiary/aromatic N) is 3. The van der Waals surface area contributed by atoms with Crippen LogP contribution in [0.25, 0.3) is 11.6 Å². The zero-order valence-corrected chi connectivity index (χ0v) is 16.5. The van der Waals surface area contributed by atoms with Crippen LogP contribution in [0.2, 0.25) is 0 Å². The molecule has 0 fully saturated rings. The third-order valence-corrected chi connectivity index (χ3v) is 4.32. The maximum Gasteiger partial charge on any atom is 0.318 e. The molecule has 0 radical (unpaired) electrons. The van der Waals surface area contributed by atoms with Gasteiger partial charge in [-0.3, -0.25) is 20.2 Å². The minimum absolute atomic E-state index is 0.117. The molecule has 0 aliphatic rings. The van der Waals surface area contributed by atoms with E-state index in [4.69, 9.17) is 9.47 Å². The van der Waals surface area contributed by atoms with Gasteiger partial charge in [0.25, 0.3) is 5.69 Å². The minimum atomic E-state index is -0.788. The number of halogens is 1. The van der Waals surface area contributed by atoms with Crippen molar-refractivity contribution in [2.24, 2.45) is 0 Å². The molecule has 0 aromatic heterocycles. The molecule has 160 valence electrons. The van der Waals surface area contributed by atoms with E-state index in [1.807, 2.05) is 6.07 Å². The van der Waals surface area contributed by atoms with Crippen LogP contribution in [0.15, 0.2) is 60.7 Å². The molecule has 0 unspecified atom stereocenters. The van der Waals surface area contributed by atoms with E-state index in [1.165, 1.54) is 43.5 Å². The second-order valence-corrected chi connectivity index (χ2v) is 6.36. The first kappa shape index (κ1) is 21.9. The Labute approximate surface area is 180 Å². The summed E-state index contributed by atoms with van der Waals surface area (Å²) in [6.45, 7) is 0. The van der Waals surface area contributed by atoms with Crippen molar-refractivity contribution in [3.63, 3.8) is 0 Å². The van der Waals surface area contributed by atoms with Crippen LogP contribution in [-0.2, 0) is 0 Å². The second kappa shape index (κ2) is 9.36. The number of methoxy groups -OCH3 is 1. The summed E-state index contributed by atoms with van der Waals surface area (Å²) in [5.41, 5.74) is 0.119. The van der Waals surface area contributed by atoms with Crippen molar-refractivity contribution in [1.29, 1.82) is 5.26 Å². The van der Waals surface area contributed by atoms with Crippen LogP contribution in [0.4, 0.5) is 15.8 Å². The van der Waals surface area contributed by atoms with Crippen LogP contribution in [0.3, 0.4) is 0 Å². The molecule has 0 amide bonds. The van der Waals surface area contributed by atoms with E-state index in [2.05, 4.69) is 0 Å². The minimum Gasteiger partial charge on any atom is -0.493 e. The van der Waals surface area contributed by atoms with Crippen LogP contribution in [0, 0.1) is 37.4 Å². The normalized spacial score (nSPS) is 10.8. The maximum atomic E-state index is 13.5. The van der Waals surface area contributed by atoms with E-state index in [0.717, 1.165) is 18.2 Å². The number of benzene rings is 3. The van der Waals surface area contributed by atoms with Crippen LogP contribution >= 0.6 is 0 Å². The lowest BCUT2D eigenvalue weighted by atomic mass is 10.0. The van der Waals surface area contributed by atoms with E-state index in [0.29, 0.717) is 11.1 Å². The molecule has 0 aliphatic carbocycles. The molecular weight excluding hydrogens is 421 g/mol. The lowest BCUT2D eigenvalue weighted by molar-refractivity contribution is -0.394. The first-order valence-electron chi connectivity index (χ1n) is 8.99. The highest BCUT2D eigenvalue weighted by atomic mass is 19.1. The van der Waals surface area contributed by atoms with Crippen molar-refractivity contribution in [2.75, 3.05) is 7.11 Å².